The highest BCUT2D eigenvalue weighted by atomic mass is 32.2. The molecule has 0 aromatic carbocycles. The molecule has 2 heterocycles. The lowest BCUT2D eigenvalue weighted by molar-refractivity contribution is 0.0649. The molecule has 0 radical (unpaired) electrons. The number of sulfone groups is 1. The maximum atomic E-state index is 11.3. The third-order valence-corrected chi connectivity index (χ3v) is 4.65. The van der Waals surface area contributed by atoms with Crippen LogP contribution in [-0.4, -0.2) is 45.4 Å². The molecule has 6 nitrogen and oxygen atoms in total. The minimum absolute atomic E-state index is 0.0593. The van der Waals surface area contributed by atoms with E-state index in [0.717, 1.165) is 0 Å². The molecule has 90 valence electrons. The third kappa shape index (κ3) is 2.25. The average Bonchev–Trinajstić information content (AvgIpc) is 2.71. The molecule has 16 heavy (non-hydrogen) atoms. The van der Waals surface area contributed by atoms with Crippen molar-refractivity contribution in [3.05, 3.63) is 12.2 Å². The second kappa shape index (κ2) is 3.81. The SMILES string of the molecule is CCn1ncnc1CC1(O)CCS(=O)(=O)C1. The predicted molar refractivity (Wildman–Crippen MR) is 57.6 cm³/mol. The first kappa shape index (κ1) is 11.5. The zero-order valence-corrected chi connectivity index (χ0v) is 9.94. The molecular weight excluding hydrogens is 230 g/mol. The van der Waals surface area contributed by atoms with Crippen molar-refractivity contribution in [3.8, 4) is 0 Å². The number of aryl methyl sites for hydroxylation is 1. The fraction of sp³-hybridized carbons (Fsp3) is 0.778. The van der Waals surface area contributed by atoms with E-state index in [1.807, 2.05) is 6.92 Å². The van der Waals surface area contributed by atoms with Gasteiger partial charge in [-0.15, -0.1) is 0 Å². The topological polar surface area (TPSA) is 85.1 Å². The van der Waals surface area contributed by atoms with Gasteiger partial charge in [-0.05, 0) is 13.3 Å². The van der Waals surface area contributed by atoms with E-state index in [1.54, 1.807) is 4.68 Å². The highest BCUT2D eigenvalue weighted by Gasteiger charge is 2.41. The van der Waals surface area contributed by atoms with Gasteiger partial charge in [-0.3, -0.25) is 4.68 Å². The van der Waals surface area contributed by atoms with E-state index in [2.05, 4.69) is 10.1 Å². The van der Waals surface area contributed by atoms with E-state index in [1.165, 1.54) is 6.33 Å². The molecule has 1 saturated heterocycles. The van der Waals surface area contributed by atoms with E-state index in [9.17, 15) is 13.5 Å². The molecule has 0 bridgehead atoms. The van der Waals surface area contributed by atoms with Gasteiger partial charge in [-0.2, -0.15) is 5.10 Å². The summed E-state index contributed by atoms with van der Waals surface area (Å²) in [6.07, 6.45) is 1.96. The molecule has 1 unspecified atom stereocenters. The summed E-state index contributed by atoms with van der Waals surface area (Å²) in [6.45, 7) is 2.59. The number of aliphatic hydroxyl groups is 1. The molecule has 1 aliphatic heterocycles. The van der Waals surface area contributed by atoms with Gasteiger partial charge >= 0.3 is 0 Å². The number of aromatic nitrogens is 3. The fourth-order valence-electron chi connectivity index (χ4n) is 2.02. The van der Waals surface area contributed by atoms with E-state index in [0.29, 0.717) is 12.4 Å². The van der Waals surface area contributed by atoms with Crippen molar-refractivity contribution in [2.24, 2.45) is 0 Å². The number of rotatable bonds is 3. The standard InChI is InChI=1S/C9H15N3O3S/c1-2-12-8(10-7-11-12)5-9(13)3-4-16(14,15)6-9/h7,13H,2-6H2,1H3. The van der Waals surface area contributed by atoms with Crippen LogP contribution in [0.1, 0.15) is 19.2 Å². The second-order valence-electron chi connectivity index (χ2n) is 4.24. The summed E-state index contributed by atoms with van der Waals surface area (Å²) in [4.78, 5) is 4.04. The van der Waals surface area contributed by atoms with Gasteiger partial charge in [0.25, 0.3) is 0 Å². The van der Waals surface area contributed by atoms with Gasteiger partial charge in [-0.25, -0.2) is 13.4 Å². The summed E-state index contributed by atoms with van der Waals surface area (Å²) in [5, 5.41) is 14.1. The van der Waals surface area contributed by atoms with Crippen LogP contribution in [0.5, 0.6) is 0 Å². The zero-order chi connectivity index (χ0) is 11.8. The summed E-state index contributed by atoms with van der Waals surface area (Å²) >= 11 is 0. The first-order valence-corrected chi connectivity index (χ1v) is 7.06. The van der Waals surface area contributed by atoms with Gasteiger partial charge in [0.2, 0.25) is 0 Å². The normalized spacial score (nSPS) is 28.4. The van der Waals surface area contributed by atoms with E-state index in [-0.39, 0.29) is 24.3 Å². The molecule has 1 aromatic heterocycles. The molecule has 7 heteroatoms. The molecule has 1 fully saturated rings. The van der Waals surface area contributed by atoms with Gasteiger partial charge < -0.3 is 5.11 Å². The van der Waals surface area contributed by atoms with Crippen LogP contribution in [0.3, 0.4) is 0 Å². The Labute approximate surface area is 94.2 Å². The monoisotopic (exact) mass is 245 g/mol. The van der Waals surface area contributed by atoms with Crippen molar-refractivity contribution in [2.45, 2.75) is 31.9 Å². The third-order valence-electron chi connectivity index (χ3n) is 2.85. The van der Waals surface area contributed by atoms with Crippen molar-refractivity contribution in [3.63, 3.8) is 0 Å². The summed E-state index contributed by atoms with van der Waals surface area (Å²) in [5.74, 6) is 0.530. The van der Waals surface area contributed by atoms with Crippen molar-refractivity contribution in [1.82, 2.24) is 14.8 Å². The van der Waals surface area contributed by atoms with Crippen LogP contribution < -0.4 is 0 Å². The lowest BCUT2D eigenvalue weighted by atomic mass is 9.99. The van der Waals surface area contributed by atoms with Crippen LogP contribution in [0, 0.1) is 0 Å². The maximum Gasteiger partial charge on any atom is 0.153 e. The number of nitrogens with zero attached hydrogens (tertiary/aromatic N) is 3. The van der Waals surface area contributed by atoms with Crippen LogP contribution in [0.25, 0.3) is 0 Å². The second-order valence-corrected chi connectivity index (χ2v) is 6.42. The molecule has 2 rings (SSSR count). The fourth-order valence-corrected chi connectivity index (χ4v) is 3.92. The number of hydrogen-bond acceptors (Lipinski definition) is 5. The van der Waals surface area contributed by atoms with Crippen LogP contribution in [0.2, 0.25) is 0 Å². The van der Waals surface area contributed by atoms with Crippen LogP contribution in [0.15, 0.2) is 6.33 Å². The smallest absolute Gasteiger partial charge is 0.153 e. The molecular formula is C9H15N3O3S. The van der Waals surface area contributed by atoms with Crippen LogP contribution in [0.4, 0.5) is 0 Å². The Kier molecular flexibility index (Phi) is 2.75. The average molecular weight is 245 g/mol. The lowest BCUT2D eigenvalue weighted by Crippen LogP contribution is -2.34. The highest BCUT2D eigenvalue weighted by molar-refractivity contribution is 7.91. The van der Waals surface area contributed by atoms with Gasteiger partial charge in [0.1, 0.15) is 12.2 Å². The molecule has 0 aliphatic carbocycles. The first-order valence-electron chi connectivity index (χ1n) is 5.24. The molecule has 1 aliphatic rings. The van der Waals surface area contributed by atoms with Crippen LogP contribution in [-0.2, 0) is 22.8 Å². The van der Waals surface area contributed by atoms with Gasteiger partial charge in [-0.1, -0.05) is 0 Å². The maximum absolute atomic E-state index is 11.3. The van der Waals surface area contributed by atoms with E-state index < -0.39 is 15.4 Å². The summed E-state index contributed by atoms with van der Waals surface area (Å²) in [6, 6.07) is 0. The summed E-state index contributed by atoms with van der Waals surface area (Å²) < 4.78 is 24.3. The zero-order valence-electron chi connectivity index (χ0n) is 9.13. The first-order chi connectivity index (χ1) is 7.44. The molecule has 1 atom stereocenters. The van der Waals surface area contributed by atoms with Crippen molar-refractivity contribution in [1.29, 1.82) is 0 Å². The Hall–Kier alpha value is -0.950. The quantitative estimate of drug-likeness (QED) is 0.768. The lowest BCUT2D eigenvalue weighted by Gasteiger charge is -2.19. The Morgan fingerprint density at radius 1 is 1.62 bits per heavy atom. The number of hydrogen-bond donors (Lipinski definition) is 1. The molecule has 0 amide bonds. The Balaban J connectivity index is 2.16. The van der Waals surface area contributed by atoms with Crippen LogP contribution >= 0.6 is 0 Å². The summed E-state index contributed by atoms with van der Waals surface area (Å²) in [7, 11) is -3.08. The van der Waals surface area contributed by atoms with Gasteiger partial charge in [0, 0.05) is 13.0 Å². The molecule has 1 N–H and O–H groups in total. The molecule has 1 aromatic rings. The Morgan fingerprint density at radius 3 is 2.94 bits per heavy atom. The summed E-state index contributed by atoms with van der Waals surface area (Å²) in [5.41, 5.74) is -1.17. The van der Waals surface area contributed by atoms with Gasteiger partial charge in [0.05, 0.1) is 17.1 Å². The predicted octanol–water partition coefficient (Wildman–Crippen LogP) is -0.610. The molecule has 0 spiro atoms. The minimum atomic E-state index is -3.08. The van der Waals surface area contributed by atoms with Gasteiger partial charge in [0.15, 0.2) is 9.84 Å². The molecule has 0 saturated carbocycles. The minimum Gasteiger partial charge on any atom is -0.388 e. The highest BCUT2D eigenvalue weighted by Crippen LogP contribution is 2.26. The van der Waals surface area contributed by atoms with Crippen molar-refractivity contribution >= 4 is 9.84 Å². The Bertz CT molecular complexity index is 482. The largest absolute Gasteiger partial charge is 0.388 e. The Morgan fingerprint density at radius 2 is 2.38 bits per heavy atom. The van der Waals surface area contributed by atoms with Crippen molar-refractivity contribution in [2.75, 3.05) is 11.5 Å². The van der Waals surface area contributed by atoms with Crippen molar-refractivity contribution < 1.29 is 13.5 Å². The van der Waals surface area contributed by atoms with E-state index in [4.69, 9.17) is 0 Å². The van der Waals surface area contributed by atoms with E-state index >= 15 is 0 Å².